The first-order chi connectivity index (χ1) is 25.2. The molecule has 0 saturated heterocycles. The van der Waals surface area contributed by atoms with Crippen LogP contribution in [0.4, 0.5) is 0 Å². The van der Waals surface area contributed by atoms with Gasteiger partial charge in [-0.25, -0.2) is 15.0 Å². The fourth-order valence-electron chi connectivity index (χ4n) is 7.06. The van der Waals surface area contributed by atoms with Crippen molar-refractivity contribution in [2.45, 2.75) is 0 Å². The Kier molecular flexibility index (Phi) is 6.78. The van der Waals surface area contributed by atoms with E-state index in [1.165, 1.54) is 21.9 Å². The molecule has 0 amide bonds. The van der Waals surface area contributed by atoms with Crippen LogP contribution in [-0.4, -0.2) is 15.0 Å². The highest BCUT2D eigenvalue weighted by Crippen LogP contribution is 2.38. The van der Waals surface area contributed by atoms with Crippen LogP contribution < -0.4 is 0 Å². The van der Waals surface area contributed by atoms with Crippen LogP contribution in [0.25, 0.3) is 99.9 Å². The van der Waals surface area contributed by atoms with Gasteiger partial charge in [0.05, 0.1) is 0 Å². The lowest BCUT2D eigenvalue weighted by Gasteiger charge is -2.10. The third-order valence-corrected chi connectivity index (χ3v) is 9.71. The number of fused-ring (bicyclic) bond motifs is 5. The summed E-state index contributed by atoms with van der Waals surface area (Å²) in [6.07, 6.45) is 0. The summed E-state index contributed by atoms with van der Waals surface area (Å²) in [5, 5.41) is 6.70. The van der Waals surface area contributed by atoms with Gasteiger partial charge in [-0.2, -0.15) is 0 Å². The fourth-order valence-corrected chi connectivity index (χ4v) is 7.06. The normalized spacial score (nSPS) is 11.5. The largest absolute Gasteiger partial charge is 0.455 e. The van der Waals surface area contributed by atoms with Crippen molar-refractivity contribution in [2.24, 2.45) is 0 Å². The molecule has 0 saturated carbocycles. The van der Waals surface area contributed by atoms with Gasteiger partial charge in [-0.3, -0.25) is 0 Å². The first kappa shape index (κ1) is 29.0. The van der Waals surface area contributed by atoms with Gasteiger partial charge in [-0.15, -0.1) is 0 Å². The average molecular weight is 652 g/mol. The highest BCUT2D eigenvalue weighted by Gasteiger charge is 2.17. The van der Waals surface area contributed by atoms with Crippen LogP contribution in [0.15, 0.2) is 180 Å². The van der Waals surface area contributed by atoms with Crippen LogP contribution in [0.3, 0.4) is 0 Å². The molecule has 0 fully saturated rings. The lowest BCUT2D eigenvalue weighted by molar-refractivity contribution is 0.670. The molecular formula is C47H29N3O. The SMILES string of the molecule is c1ccc(-c2ccc(-c3cccc4c3oc3ccc(-c5nc(-c6ccc7ccccc7c6)nc(-c6ccc7ccccc7c6)n5)cc34)cc2)cc1. The van der Waals surface area contributed by atoms with E-state index in [4.69, 9.17) is 19.4 Å². The number of rotatable bonds is 5. The minimum Gasteiger partial charge on any atom is -0.455 e. The third kappa shape index (κ3) is 5.22. The molecule has 10 aromatic rings. The summed E-state index contributed by atoms with van der Waals surface area (Å²) in [5.41, 5.74) is 9.01. The summed E-state index contributed by atoms with van der Waals surface area (Å²) < 4.78 is 6.56. The van der Waals surface area contributed by atoms with Crippen LogP contribution in [0.5, 0.6) is 0 Å². The summed E-state index contributed by atoms with van der Waals surface area (Å²) in [5.74, 6) is 1.87. The standard InChI is InChI=1S/C47H29N3O/c1-2-9-30(10-3-1)33-17-21-34(22-18-33)40-15-8-16-41-42-29-39(25-26-43(42)51-44(40)41)47-49-45(37-23-19-31-11-4-6-13-35(31)27-37)48-46(50-47)38-24-20-32-12-5-7-14-36(32)28-38/h1-29H. The van der Waals surface area contributed by atoms with Crippen molar-refractivity contribution in [1.29, 1.82) is 0 Å². The van der Waals surface area contributed by atoms with Crippen LogP contribution >= 0.6 is 0 Å². The molecule has 0 N–H and O–H groups in total. The van der Waals surface area contributed by atoms with Crippen LogP contribution in [0.1, 0.15) is 0 Å². The average Bonchev–Trinajstić information content (AvgIpc) is 3.59. The van der Waals surface area contributed by atoms with E-state index >= 15 is 0 Å². The second-order valence-electron chi connectivity index (χ2n) is 12.9. The molecule has 0 atom stereocenters. The highest BCUT2D eigenvalue weighted by molar-refractivity contribution is 6.10. The summed E-state index contributed by atoms with van der Waals surface area (Å²) in [6.45, 7) is 0. The maximum Gasteiger partial charge on any atom is 0.164 e. The van der Waals surface area contributed by atoms with Crippen molar-refractivity contribution >= 4 is 43.5 Å². The number of para-hydroxylation sites is 1. The molecule has 0 unspecified atom stereocenters. The van der Waals surface area contributed by atoms with Crippen molar-refractivity contribution in [2.75, 3.05) is 0 Å². The molecule has 0 aliphatic heterocycles. The zero-order chi connectivity index (χ0) is 33.7. The highest BCUT2D eigenvalue weighted by atomic mass is 16.3. The number of furan rings is 1. The summed E-state index contributed by atoms with van der Waals surface area (Å²) in [7, 11) is 0. The van der Waals surface area contributed by atoms with Gasteiger partial charge >= 0.3 is 0 Å². The number of benzene rings is 8. The van der Waals surface area contributed by atoms with Crippen LogP contribution in [0, 0.1) is 0 Å². The van der Waals surface area contributed by atoms with E-state index in [0.717, 1.165) is 60.5 Å². The second-order valence-corrected chi connectivity index (χ2v) is 12.9. The number of aromatic nitrogens is 3. The number of hydrogen-bond acceptors (Lipinski definition) is 4. The molecule has 0 aliphatic carbocycles. The lowest BCUT2D eigenvalue weighted by atomic mass is 9.98. The van der Waals surface area contributed by atoms with Gasteiger partial charge in [0.15, 0.2) is 17.5 Å². The zero-order valence-electron chi connectivity index (χ0n) is 27.5. The van der Waals surface area contributed by atoms with E-state index < -0.39 is 0 Å². The van der Waals surface area contributed by atoms with Crippen molar-refractivity contribution in [3.05, 3.63) is 176 Å². The number of hydrogen-bond donors (Lipinski definition) is 0. The van der Waals surface area contributed by atoms with E-state index in [2.05, 4.69) is 158 Å². The molecule has 2 aromatic heterocycles. The van der Waals surface area contributed by atoms with Crippen molar-refractivity contribution in [3.63, 3.8) is 0 Å². The van der Waals surface area contributed by atoms with Gasteiger partial charge in [0.25, 0.3) is 0 Å². The van der Waals surface area contributed by atoms with E-state index in [-0.39, 0.29) is 0 Å². The molecule has 10 rings (SSSR count). The monoisotopic (exact) mass is 651 g/mol. The van der Waals surface area contributed by atoms with Gasteiger partial charge in [-0.05, 0) is 68.6 Å². The lowest BCUT2D eigenvalue weighted by Crippen LogP contribution is -2.00. The Balaban J connectivity index is 1.11. The van der Waals surface area contributed by atoms with E-state index in [9.17, 15) is 0 Å². The molecule has 2 heterocycles. The predicted molar refractivity (Wildman–Crippen MR) is 209 cm³/mol. The second kappa shape index (κ2) is 11.9. The molecule has 4 heteroatoms. The van der Waals surface area contributed by atoms with Crippen molar-refractivity contribution < 1.29 is 4.42 Å². The number of nitrogens with zero attached hydrogens (tertiary/aromatic N) is 3. The molecule has 0 spiro atoms. The van der Waals surface area contributed by atoms with Gasteiger partial charge in [0.1, 0.15) is 11.2 Å². The molecule has 4 nitrogen and oxygen atoms in total. The fraction of sp³-hybridized carbons (Fsp3) is 0. The van der Waals surface area contributed by atoms with E-state index in [1.54, 1.807) is 0 Å². The minimum absolute atomic E-state index is 0.611. The summed E-state index contributed by atoms with van der Waals surface area (Å²) in [6, 6.07) is 61.1. The third-order valence-electron chi connectivity index (χ3n) is 9.71. The summed E-state index contributed by atoms with van der Waals surface area (Å²) >= 11 is 0. The van der Waals surface area contributed by atoms with Gasteiger partial charge < -0.3 is 4.42 Å². The Morgan fingerprint density at radius 1 is 0.314 bits per heavy atom. The Morgan fingerprint density at radius 3 is 1.43 bits per heavy atom. The Labute approximate surface area is 294 Å². The first-order valence-electron chi connectivity index (χ1n) is 17.1. The Bertz CT molecular complexity index is 2810. The smallest absolute Gasteiger partial charge is 0.164 e. The first-order valence-corrected chi connectivity index (χ1v) is 17.1. The van der Waals surface area contributed by atoms with Gasteiger partial charge in [0.2, 0.25) is 0 Å². The topological polar surface area (TPSA) is 51.8 Å². The van der Waals surface area contributed by atoms with Crippen LogP contribution in [0.2, 0.25) is 0 Å². The van der Waals surface area contributed by atoms with Gasteiger partial charge in [0, 0.05) is 33.0 Å². The van der Waals surface area contributed by atoms with Crippen molar-refractivity contribution in [1.82, 2.24) is 15.0 Å². The molecule has 51 heavy (non-hydrogen) atoms. The summed E-state index contributed by atoms with van der Waals surface area (Å²) in [4.78, 5) is 15.2. The molecule has 238 valence electrons. The van der Waals surface area contributed by atoms with E-state index in [0.29, 0.717) is 17.5 Å². The van der Waals surface area contributed by atoms with E-state index in [1.807, 2.05) is 18.2 Å². The molecule has 0 aliphatic rings. The molecular weight excluding hydrogens is 623 g/mol. The molecule has 8 aromatic carbocycles. The van der Waals surface area contributed by atoms with Gasteiger partial charge in [-0.1, -0.05) is 146 Å². The van der Waals surface area contributed by atoms with Crippen LogP contribution in [-0.2, 0) is 0 Å². The Morgan fingerprint density at radius 2 is 0.804 bits per heavy atom. The quantitative estimate of drug-likeness (QED) is 0.186. The molecule has 0 bridgehead atoms. The zero-order valence-corrected chi connectivity index (χ0v) is 27.5. The minimum atomic E-state index is 0.611. The van der Waals surface area contributed by atoms with Crippen molar-refractivity contribution in [3.8, 4) is 56.4 Å². The molecule has 0 radical (unpaired) electrons. The maximum atomic E-state index is 6.56. The maximum absolute atomic E-state index is 6.56. The Hall–Kier alpha value is -6.91. The predicted octanol–water partition coefficient (Wildman–Crippen LogP) is 12.4.